The summed E-state index contributed by atoms with van der Waals surface area (Å²) in [5.41, 5.74) is 6.71. The summed E-state index contributed by atoms with van der Waals surface area (Å²) in [6, 6.07) is 4.65. The third-order valence-electron chi connectivity index (χ3n) is 2.19. The van der Waals surface area contributed by atoms with Gasteiger partial charge in [0.05, 0.1) is 12.2 Å². The Balaban J connectivity index is 3.02. The standard InChI is InChI=1S/C12H14BrNO3/c1-2-17-12(16)9-7-8(3-4-10(9)14)11(15)5-6-13/h3-4,7H,2,5-6,14H2,1H3. The number of anilines is 1. The molecule has 0 saturated heterocycles. The van der Waals surface area contributed by atoms with Crippen molar-refractivity contribution in [2.75, 3.05) is 17.7 Å². The Morgan fingerprint density at radius 1 is 1.41 bits per heavy atom. The largest absolute Gasteiger partial charge is 0.462 e. The first-order valence-corrected chi connectivity index (χ1v) is 6.38. The predicted octanol–water partition coefficient (Wildman–Crippen LogP) is 2.41. The maximum absolute atomic E-state index is 11.7. The van der Waals surface area contributed by atoms with Crippen LogP contribution in [-0.4, -0.2) is 23.7 Å². The van der Waals surface area contributed by atoms with Crippen molar-refractivity contribution in [3.63, 3.8) is 0 Å². The van der Waals surface area contributed by atoms with Gasteiger partial charge in [0.25, 0.3) is 0 Å². The van der Waals surface area contributed by atoms with Gasteiger partial charge < -0.3 is 10.5 Å². The number of alkyl halides is 1. The molecule has 0 fully saturated rings. The SMILES string of the molecule is CCOC(=O)c1cc(C(=O)CCBr)ccc1N. The van der Waals surface area contributed by atoms with E-state index in [1.807, 2.05) is 0 Å². The maximum Gasteiger partial charge on any atom is 0.340 e. The molecule has 0 aliphatic heterocycles. The molecule has 92 valence electrons. The third kappa shape index (κ3) is 3.56. The number of hydrogen-bond donors (Lipinski definition) is 1. The number of hydrogen-bond acceptors (Lipinski definition) is 4. The van der Waals surface area contributed by atoms with Crippen molar-refractivity contribution in [3.05, 3.63) is 29.3 Å². The van der Waals surface area contributed by atoms with Gasteiger partial charge in [-0.2, -0.15) is 0 Å². The van der Waals surface area contributed by atoms with E-state index in [0.29, 0.717) is 23.0 Å². The second-order valence-electron chi connectivity index (χ2n) is 3.38. The van der Waals surface area contributed by atoms with Crippen LogP contribution in [0.1, 0.15) is 34.1 Å². The lowest BCUT2D eigenvalue weighted by molar-refractivity contribution is 0.0527. The van der Waals surface area contributed by atoms with Gasteiger partial charge in [0.2, 0.25) is 0 Å². The molecule has 0 aromatic heterocycles. The zero-order valence-electron chi connectivity index (χ0n) is 9.53. The zero-order valence-corrected chi connectivity index (χ0v) is 11.1. The highest BCUT2D eigenvalue weighted by Gasteiger charge is 2.14. The molecule has 5 heteroatoms. The van der Waals surface area contributed by atoms with Crippen LogP contribution < -0.4 is 5.73 Å². The number of ketones is 1. The summed E-state index contributed by atoms with van der Waals surface area (Å²) in [5.74, 6) is -0.536. The Morgan fingerprint density at radius 3 is 2.71 bits per heavy atom. The number of esters is 1. The van der Waals surface area contributed by atoms with Gasteiger partial charge in [-0.3, -0.25) is 4.79 Å². The Bertz CT molecular complexity index is 432. The first-order valence-electron chi connectivity index (χ1n) is 5.26. The quantitative estimate of drug-likeness (QED) is 0.392. The van der Waals surface area contributed by atoms with E-state index in [-0.39, 0.29) is 18.0 Å². The number of carbonyl (C=O) groups excluding carboxylic acids is 2. The van der Waals surface area contributed by atoms with E-state index in [1.54, 1.807) is 19.1 Å². The second kappa shape index (κ2) is 6.39. The minimum absolute atomic E-state index is 0.0348. The molecule has 0 radical (unpaired) electrons. The van der Waals surface area contributed by atoms with Crippen LogP contribution in [0.2, 0.25) is 0 Å². The van der Waals surface area contributed by atoms with Gasteiger partial charge in [0, 0.05) is 23.0 Å². The van der Waals surface area contributed by atoms with Crippen LogP contribution in [0.3, 0.4) is 0 Å². The lowest BCUT2D eigenvalue weighted by Crippen LogP contribution is -2.10. The van der Waals surface area contributed by atoms with Crippen molar-refractivity contribution in [1.82, 2.24) is 0 Å². The molecule has 1 rings (SSSR count). The normalized spacial score (nSPS) is 10.0. The first-order chi connectivity index (χ1) is 8.10. The van der Waals surface area contributed by atoms with Gasteiger partial charge in [0.15, 0.2) is 5.78 Å². The molecule has 0 spiro atoms. The lowest BCUT2D eigenvalue weighted by Gasteiger charge is -2.07. The van der Waals surface area contributed by atoms with Crippen LogP contribution >= 0.6 is 15.9 Å². The van der Waals surface area contributed by atoms with Crippen LogP contribution in [0.25, 0.3) is 0 Å². The Kier molecular flexibility index (Phi) is 5.15. The summed E-state index contributed by atoms with van der Waals surface area (Å²) < 4.78 is 4.86. The van der Waals surface area contributed by atoms with E-state index in [4.69, 9.17) is 10.5 Å². The smallest absolute Gasteiger partial charge is 0.340 e. The fourth-order valence-corrected chi connectivity index (χ4v) is 1.71. The molecule has 0 heterocycles. The number of ether oxygens (including phenoxy) is 1. The number of Topliss-reactive ketones (excluding diaryl/α,β-unsaturated/α-hetero) is 1. The van der Waals surface area contributed by atoms with Crippen molar-refractivity contribution in [2.45, 2.75) is 13.3 Å². The molecule has 0 amide bonds. The lowest BCUT2D eigenvalue weighted by atomic mass is 10.0. The average molecular weight is 300 g/mol. The van der Waals surface area contributed by atoms with Gasteiger partial charge in [-0.25, -0.2) is 4.79 Å². The van der Waals surface area contributed by atoms with Crippen molar-refractivity contribution < 1.29 is 14.3 Å². The molecule has 0 aliphatic carbocycles. The minimum Gasteiger partial charge on any atom is -0.462 e. The molecule has 0 bridgehead atoms. The van der Waals surface area contributed by atoms with Crippen molar-refractivity contribution >= 4 is 33.4 Å². The highest BCUT2D eigenvalue weighted by Crippen LogP contribution is 2.17. The first kappa shape index (κ1) is 13.7. The molecular weight excluding hydrogens is 286 g/mol. The molecule has 0 unspecified atom stereocenters. The van der Waals surface area contributed by atoms with Gasteiger partial charge in [-0.1, -0.05) is 15.9 Å². The van der Waals surface area contributed by atoms with Crippen LogP contribution in [0.4, 0.5) is 5.69 Å². The summed E-state index contributed by atoms with van der Waals surface area (Å²) >= 11 is 3.20. The molecule has 0 atom stereocenters. The third-order valence-corrected chi connectivity index (χ3v) is 2.59. The highest BCUT2D eigenvalue weighted by atomic mass is 79.9. The summed E-state index contributed by atoms with van der Waals surface area (Å²) in [5, 5.41) is 0.588. The van der Waals surface area contributed by atoms with E-state index in [1.165, 1.54) is 6.07 Å². The topological polar surface area (TPSA) is 69.4 Å². The van der Waals surface area contributed by atoms with Gasteiger partial charge in [-0.15, -0.1) is 0 Å². The summed E-state index contributed by atoms with van der Waals surface area (Å²) in [6.45, 7) is 1.99. The second-order valence-corrected chi connectivity index (χ2v) is 4.18. The molecular formula is C12H14BrNO3. The van der Waals surface area contributed by atoms with Gasteiger partial charge in [0.1, 0.15) is 0 Å². The summed E-state index contributed by atoms with van der Waals surface area (Å²) in [4.78, 5) is 23.2. The molecule has 1 aromatic rings. The fraction of sp³-hybridized carbons (Fsp3) is 0.333. The number of rotatable bonds is 5. The minimum atomic E-state index is -0.501. The van der Waals surface area contributed by atoms with Gasteiger partial charge >= 0.3 is 5.97 Å². The van der Waals surface area contributed by atoms with Crippen LogP contribution in [0, 0.1) is 0 Å². The zero-order chi connectivity index (χ0) is 12.8. The Morgan fingerprint density at radius 2 is 2.12 bits per heavy atom. The number of carbonyl (C=O) groups is 2. The Hall–Kier alpha value is -1.36. The number of nitrogens with two attached hydrogens (primary N) is 1. The van der Waals surface area contributed by atoms with Crippen LogP contribution in [0.5, 0.6) is 0 Å². The molecule has 0 saturated carbocycles. The molecule has 4 nitrogen and oxygen atoms in total. The monoisotopic (exact) mass is 299 g/mol. The van der Waals surface area contributed by atoms with Gasteiger partial charge in [-0.05, 0) is 25.1 Å². The van der Waals surface area contributed by atoms with E-state index >= 15 is 0 Å². The predicted molar refractivity (Wildman–Crippen MR) is 69.6 cm³/mol. The maximum atomic E-state index is 11.7. The molecule has 0 aliphatic rings. The van der Waals surface area contributed by atoms with Crippen LogP contribution in [0.15, 0.2) is 18.2 Å². The van der Waals surface area contributed by atoms with E-state index in [0.717, 1.165) is 0 Å². The number of halogens is 1. The number of nitrogen functional groups attached to an aromatic ring is 1. The molecule has 2 N–H and O–H groups in total. The molecule has 1 aromatic carbocycles. The van der Waals surface area contributed by atoms with E-state index in [9.17, 15) is 9.59 Å². The summed E-state index contributed by atoms with van der Waals surface area (Å²) in [6.07, 6.45) is 0.381. The fourth-order valence-electron chi connectivity index (χ4n) is 1.35. The van der Waals surface area contributed by atoms with E-state index in [2.05, 4.69) is 15.9 Å². The summed E-state index contributed by atoms with van der Waals surface area (Å²) in [7, 11) is 0. The van der Waals surface area contributed by atoms with Crippen molar-refractivity contribution in [3.8, 4) is 0 Å². The van der Waals surface area contributed by atoms with E-state index < -0.39 is 5.97 Å². The molecule has 17 heavy (non-hydrogen) atoms. The highest BCUT2D eigenvalue weighted by molar-refractivity contribution is 9.09. The average Bonchev–Trinajstić information content (AvgIpc) is 2.30. The van der Waals surface area contributed by atoms with Crippen molar-refractivity contribution in [1.29, 1.82) is 0 Å². The van der Waals surface area contributed by atoms with Crippen LogP contribution in [-0.2, 0) is 4.74 Å². The van der Waals surface area contributed by atoms with Crippen molar-refractivity contribution in [2.24, 2.45) is 0 Å². The number of benzene rings is 1. The Labute approximate surface area is 108 Å².